The highest BCUT2D eigenvalue weighted by molar-refractivity contribution is 4.92. The van der Waals surface area contributed by atoms with Gasteiger partial charge in [0.05, 0.1) is 12.2 Å². The van der Waals surface area contributed by atoms with Gasteiger partial charge in [-0.2, -0.15) is 0 Å². The molecule has 1 heterocycles. The molecule has 5 atom stereocenters. The highest BCUT2D eigenvalue weighted by Gasteiger charge is 2.43. The summed E-state index contributed by atoms with van der Waals surface area (Å²) in [5, 5.41) is 19.5. The molecule has 0 aromatic carbocycles. The Bertz CT molecular complexity index is 181. The summed E-state index contributed by atoms with van der Waals surface area (Å²) < 4.78 is 10.7. The number of aliphatic hydroxyl groups excluding tert-OH is 2. The van der Waals surface area contributed by atoms with Gasteiger partial charge >= 0.3 is 0 Å². The van der Waals surface area contributed by atoms with Crippen LogP contribution in [0.2, 0.25) is 0 Å². The Balaban J connectivity index is 2.72. The molecule has 1 rings (SSSR count). The van der Waals surface area contributed by atoms with Gasteiger partial charge in [-0.3, -0.25) is 0 Å². The molecule has 4 heteroatoms. The number of hydrogen-bond acceptors (Lipinski definition) is 4. The fraction of sp³-hybridized carbons (Fsp3) is 1.00. The molecule has 0 saturated carbocycles. The van der Waals surface area contributed by atoms with Crippen LogP contribution in [0.3, 0.4) is 0 Å². The van der Waals surface area contributed by atoms with Crippen LogP contribution in [0.4, 0.5) is 0 Å². The van der Waals surface area contributed by atoms with Crippen molar-refractivity contribution in [3.63, 3.8) is 0 Å². The summed E-state index contributed by atoms with van der Waals surface area (Å²) in [7, 11) is 1.51. The standard InChI is InChI=1S/C10H20O4/c1-5(2)9-7(11)8(12)10(13-4)6(3)14-9/h5-12H,1-4H3. The van der Waals surface area contributed by atoms with Gasteiger partial charge in [0, 0.05) is 7.11 Å². The predicted molar refractivity (Wildman–Crippen MR) is 52.0 cm³/mol. The second-order valence-electron chi connectivity index (χ2n) is 4.23. The lowest BCUT2D eigenvalue weighted by Gasteiger charge is -2.42. The highest BCUT2D eigenvalue weighted by Crippen LogP contribution is 2.26. The van der Waals surface area contributed by atoms with Gasteiger partial charge in [-0.15, -0.1) is 0 Å². The van der Waals surface area contributed by atoms with Gasteiger partial charge < -0.3 is 19.7 Å². The molecule has 1 saturated heterocycles. The largest absolute Gasteiger partial charge is 0.388 e. The van der Waals surface area contributed by atoms with Gasteiger partial charge in [0.15, 0.2) is 0 Å². The summed E-state index contributed by atoms with van der Waals surface area (Å²) in [6.45, 7) is 5.76. The Kier molecular flexibility index (Phi) is 3.89. The fourth-order valence-electron chi connectivity index (χ4n) is 1.95. The van der Waals surface area contributed by atoms with Crippen molar-refractivity contribution in [2.24, 2.45) is 5.92 Å². The molecule has 0 bridgehead atoms. The molecular weight excluding hydrogens is 184 g/mol. The zero-order valence-corrected chi connectivity index (χ0v) is 9.18. The van der Waals surface area contributed by atoms with Crippen molar-refractivity contribution in [3.05, 3.63) is 0 Å². The first-order valence-corrected chi connectivity index (χ1v) is 5.03. The Morgan fingerprint density at radius 1 is 1.21 bits per heavy atom. The Hall–Kier alpha value is -0.160. The van der Waals surface area contributed by atoms with E-state index in [1.165, 1.54) is 7.11 Å². The van der Waals surface area contributed by atoms with Crippen LogP contribution in [-0.2, 0) is 9.47 Å². The first kappa shape index (κ1) is 11.9. The molecule has 14 heavy (non-hydrogen) atoms. The van der Waals surface area contributed by atoms with E-state index in [0.717, 1.165) is 0 Å². The first-order chi connectivity index (χ1) is 6.49. The molecule has 0 aromatic rings. The van der Waals surface area contributed by atoms with Crippen molar-refractivity contribution < 1.29 is 19.7 Å². The lowest BCUT2D eigenvalue weighted by atomic mass is 9.90. The van der Waals surface area contributed by atoms with Gasteiger partial charge in [-0.05, 0) is 12.8 Å². The predicted octanol–water partition coefficient (Wildman–Crippen LogP) is 0.166. The topological polar surface area (TPSA) is 58.9 Å². The van der Waals surface area contributed by atoms with Crippen molar-refractivity contribution in [2.45, 2.75) is 51.3 Å². The molecular formula is C10H20O4. The third-order valence-corrected chi connectivity index (χ3v) is 2.79. The molecule has 4 nitrogen and oxygen atoms in total. The lowest BCUT2D eigenvalue weighted by molar-refractivity contribution is -0.233. The zero-order chi connectivity index (χ0) is 10.9. The number of hydrogen-bond donors (Lipinski definition) is 2. The molecule has 2 N–H and O–H groups in total. The number of methoxy groups -OCH3 is 1. The van der Waals surface area contributed by atoms with Crippen LogP contribution in [0, 0.1) is 5.92 Å². The molecule has 0 aromatic heterocycles. The molecule has 84 valence electrons. The Morgan fingerprint density at radius 3 is 2.21 bits per heavy atom. The minimum Gasteiger partial charge on any atom is -0.388 e. The van der Waals surface area contributed by atoms with Crippen LogP contribution >= 0.6 is 0 Å². The van der Waals surface area contributed by atoms with Gasteiger partial charge in [0.1, 0.15) is 18.3 Å². The minimum absolute atomic E-state index is 0.180. The van der Waals surface area contributed by atoms with Crippen molar-refractivity contribution in [1.82, 2.24) is 0 Å². The van der Waals surface area contributed by atoms with Crippen LogP contribution in [0.1, 0.15) is 20.8 Å². The third kappa shape index (κ3) is 2.08. The van der Waals surface area contributed by atoms with Crippen LogP contribution in [-0.4, -0.2) is 47.8 Å². The van der Waals surface area contributed by atoms with Crippen LogP contribution in [0.15, 0.2) is 0 Å². The summed E-state index contributed by atoms with van der Waals surface area (Å²) in [4.78, 5) is 0. The van der Waals surface area contributed by atoms with Crippen molar-refractivity contribution in [2.75, 3.05) is 7.11 Å². The normalized spacial score (nSPS) is 44.4. The molecule has 0 amide bonds. The number of ether oxygens (including phenoxy) is 2. The second-order valence-corrected chi connectivity index (χ2v) is 4.23. The summed E-state index contributed by atoms with van der Waals surface area (Å²) in [5.41, 5.74) is 0. The van der Waals surface area contributed by atoms with E-state index in [-0.39, 0.29) is 18.1 Å². The summed E-state index contributed by atoms with van der Waals surface area (Å²) in [6, 6.07) is 0. The van der Waals surface area contributed by atoms with Crippen LogP contribution < -0.4 is 0 Å². The van der Waals surface area contributed by atoms with Crippen molar-refractivity contribution >= 4 is 0 Å². The average molecular weight is 204 g/mol. The lowest BCUT2D eigenvalue weighted by Crippen LogP contribution is -2.58. The van der Waals surface area contributed by atoms with E-state index in [1.807, 2.05) is 20.8 Å². The molecule has 1 aliphatic rings. The van der Waals surface area contributed by atoms with Crippen LogP contribution in [0.5, 0.6) is 0 Å². The molecule has 1 fully saturated rings. The Labute approximate surface area is 84.8 Å². The number of rotatable bonds is 2. The zero-order valence-electron chi connectivity index (χ0n) is 9.18. The van der Waals surface area contributed by atoms with Gasteiger partial charge in [-0.25, -0.2) is 0 Å². The highest BCUT2D eigenvalue weighted by atomic mass is 16.6. The van der Waals surface area contributed by atoms with E-state index in [9.17, 15) is 10.2 Å². The monoisotopic (exact) mass is 204 g/mol. The van der Waals surface area contributed by atoms with E-state index in [0.29, 0.717) is 0 Å². The van der Waals surface area contributed by atoms with E-state index < -0.39 is 18.3 Å². The summed E-state index contributed by atoms with van der Waals surface area (Å²) in [5.74, 6) is 0.180. The quantitative estimate of drug-likeness (QED) is 0.673. The third-order valence-electron chi connectivity index (χ3n) is 2.79. The minimum atomic E-state index is -0.865. The Morgan fingerprint density at radius 2 is 1.79 bits per heavy atom. The van der Waals surface area contributed by atoms with Gasteiger partial charge in [0.25, 0.3) is 0 Å². The maximum Gasteiger partial charge on any atom is 0.111 e. The maximum atomic E-state index is 9.77. The summed E-state index contributed by atoms with van der Waals surface area (Å²) >= 11 is 0. The molecule has 0 aliphatic carbocycles. The number of aliphatic hydroxyl groups is 2. The van der Waals surface area contributed by atoms with Crippen LogP contribution in [0.25, 0.3) is 0 Å². The van der Waals surface area contributed by atoms with E-state index in [1.54, 1.807) is 0 Å². The van der Waals surface area contributed by atoms with E-state index in [4.69, 9.17) is 9.47 Å². The molecule has 1 aliphatic heterocycles. The fourth-order valence-corrected chi connectivity index (χ4v) is 1.95. The van der Waals surface area contributed by atoms with E-state index >= 15 is 0 Å². The molecule has 5 unspecified atom stereocenters. The molecule has 0 spiro atoms. The van der Waals surface area contributed by atoms with Crippen molar-refractivity contribution in [1.29, 1.82) is 0 Å². The van der Waals surface area contributed by atoms with Gasteiger partial charge in [-0.1, -0.05) is 13.8 Å². The second kappa shape index (κ2) is 4.57. The summed E-state index contributed by atoms with van der Waals surface area (Å²) in [6.07, 6.45) is -2.68. The SMILES string of the molecule is COC1C(C)OC(C(C)C)C(O)C1O. The smallest absolute Gasteiger partial charge is 0.111 e. The maximum absolute atomic E-state index is 9.77. The average Bonchev–Trinajstić information content (AvgIpc) is 2.12. The van der Waals surface area contributed by atoms with Gasteiger partial charge in [0.2, 0.25) is 0 Å². The molecule has 0 radical (unpaired) electrons. The van der Waals surface area contributed by atoms with E-state index in [2.05, 4.69) is 0 Å². The first-order valence-electron chi connectivity index (χ1n) is 5.03. The van der Waals surface area contributed by atoms with Crippen molar-refractivity contribution in [3.8, 4) is 0 Å².